The second-order valence-electron chi connectivity index (χ2n) is 5.53. The van der Waals surface area contributed by atoms with Crippen LogP contribution in [0.4, 0.5) is 14.5 Å². The SMILES string of the molecule is Cc1nc(COc2ccc(NC(=O)C3CC(F)(F)CN3)cc2)no1. The van der Waals surface area contributed by atoms with Crippen molar-refractivity contribution in [3.8, 4) is 5.75 Å². The quantitative estimate of drug-likeness (QED) is 0.865. The molecule has 1 aromatic carbocycles. The first-order chi connectivity index (χ1) is 11.4. The Morgan fingerprint density at radius 1 is 1.46 bits per heavy atom. The van der Waals surface area contributed by atoms with E-state index in [4.69, 9.17) is 9.26 Å². The Labute approximate surface area is 136 Å². The number of rotatable bonds is 5. The molecule has 0 radical (unpaired) electrons. The van der Waals surface area contributed by atoms with Gasteiger partial charge in [-0.2, -0.15) is 4.98 Å². The maximum atomic E-state index is 13.1. The van der Waals surface area contributed by atoms with Crippen molar-refractivity contribution >= 4 is 11.6 Å². The Hall–Kier alpha value is -2.55. The molecular weight excluding hydrogens is 322 g/mol. The minimum Gasteiger partial charge on any atom is -0.485 e. The molecule has 2 N–H and O–H groups in total. The minimum atomic E-state index is -2.84. The van der Waals surface area contributed by atoms with Crippen molar-refractivity contribution in [2.24, 2.45) is 0 Å². The highest BCUT2D eigenvalue weighted by Crippen LogP contribution is 2.26. The normalized spacial score (nSPS) is 19.2. The van der Waals surface area contributed by atoms with Gasteiger partial charge in [-0.25, -0.2) is 8.78 Å². The number of nitrogens with one attached hydrogen (secondary N) is 2. The Kier molecular flexibility index (Phi) is 4.43. The lowest BCUT2D eigenvalue weighted by atomic mass is 10.2. The molecule has 0 spiro atoms. The summed E-state index contributed by atoms with van der Waals surface area (Å²) in [6, 6.07) is 5.67. The third-order valence-corrected chi connectivity index (χ3v) is 3.49. The Morgan fingerprint density at radius 2 is 2.21 bits per heavy atom. The second kappa shape index (κ2) is 6.52. The molecule has 128 valence electrons. The molecule has 1 unspecified atom stereocenters. The fraction of sp³-hybridized carbons (Fsp3) is 0.400. The van der Waals surface area contributed by atoms with Gasteiger partial charge in [0.1, 0.15) is 5.75 Å². The first kappa shape index (κ1) is 16.3. The lowest BCUT2D eigenvalue weighted by Gasteiger charge is -2.11. The van der Waals surface area contributed by atoms with Crippen LogP contribution in [0.2, 0.25) is 0 Å². The number of nitrogens with zero attached hydrogens (tertiary/aromatic N) is 2. The number of hydrogen-bond donors (Lipinski definition) is 2. The van der Waals surface area contributed by atoms with Crippen molar-refractivity contribution in [2.45, 2.75) is 31.9 Å². The van der Waals surface area contributed by atoms with Crippen molar-refractivity contribution in [1.29, 1.82) is 0 Å². The maximum Gasteiger partial charge on any atom is 0.262 e. The Balaban J connectivity index is 1.52. The number of ether oxygens (including phenoxy) is 1. The topological polar surface area (TPSA) is 89.3 Å². The molecule has 24 heavy (non-hydrogen) atoms. The van der Waals surface area contributed by atoms with Gasteiger partial charge in [-0.05, 0) is 24.3 Å². The number of anilines is 1. The van der Waals surface area contributed by atoms with Gasteiger partial charge >= 0.3 is 0 Å². The van der Waals surface area contributed by atoms with E-state index in [2.05, 4.69) is 20.8 Å². The van der Waals surface area contributed by atoms with Crippen LogP contribution in [0.25, 0.3) is 0 Å². The van der Waals surface area contributed by atoms with E-state index in [-0.39, 0.29) is 6.61 Å². The molecule has 9 heteroatoms. The molecular formula is C15H16F2N4O3. The summed E-state index contributed by atoms with van der Waals surface area (Å²) in [5.41, 5.74) is 0.500. The first-order valence-electron chi connectivity index (χ1n) is 7.35. The molecule has 1 aliphatic rings. The Morgan fingerprint density at radius 3 is 2.79 bits per heavy atom. The number of amides is 1. The summed E-state index contributed by atoms with van der Waals surface area (Å²) in [4.78, 5) is 15.9. The molecule has 1 atom stereocenters. The Bertz CT molecular complexity index is 718. The number of benzene rings is 1. The molecule has 0 aliphatic carbocycles. The van der Waals surface area contributed by atoms with Crippen molar-refractivity contribution in [3.05, 3.63) is 36.0 Å². The van der Waals surface area contributed by atoms with E-state index < -0.39 is 30.8 Å². The fourth-order valence-corrected chi connectivity index (χ4v) is 2.31. The summed E-state index contributed by atoms with van der Waals surface area (Å²) >= 11 is 0. The monoisotopic (exact) mass is 338 g/mol. The van der Waals surface area contributed by atoms with Crippen molar-refractivity contribution in [1.82, 2.24) is 15.5 Å². The molecule has 0 bridgehead atoms. The van der Waals surface area contributed by atoms with E-state index >= 15 is 0 Å². The number of aryl methyl sites for hydroxylation is 1. The number of alkyl halides is 2. The predicted octanol–water partition coefficient (Wildman–Crippen LogP) is 1.89. The number of hydrogen-bond acceptors (Lipinski definition) is 6. The molecule has 1 aliphatic heterocycles. The largest absolute Gasteiger partial charge is 0.485 e. The van der Waals surface area contributed by atoms with Crippen molar-refractivity contribution in [2.75, 3.05) is 11.9 Å². The lowest BCUT2D eigenvalue weighted by molar-refractivity contribution is -0.118. The highest BCUT2D eigenvalue weighted by Gasteiger charge is 2.42. The maximum absolute atomic E-state index is 13.1. The third-order valence-electron chi connectivity index (χ3n) is 3.49. The van der Waals surface area contributed by atoms with Crippen LogP contribution in [-0.2, 0) is 11.4 Å². The van der Waals surface area contributed by atoms with E-state index in [1.165, 1.54) is 0 Å². The van der Waals surface area contributed by atoms with Gasteiger partial charge in [0.25, 0.3) is 5.92 Å². The summed E-state index contributed by atoms with van der Waals surface area (Å²) in [6.07, 6.45) is -0.496. The zero-order valence-corrected chi connectivity index (χ0v) is 12.9. The van der Waals surface area contributed by atoms with Gasteiger partial charge in [-0.1, -0.05) is 5.16 Å². The molecule has 1 fully saturated rings. The van der Waals surface area contributed by atoms with Gasteiger partial charge in [-0.3, -0.25) is 10.1 Å². The van der Waals surface area contributed by atoms with Crippen LogP contribution in [0, 0.1) is 6.92 Å². The zero-order valence-electron chi connectivity index (χ0n) is 12.9. The molecule has 1 aromatic heterocycles. The van der Waals surface area contributed by atoms with Crippen LogP contribution >= 0.6 is 0 Å². The fourth-order valence-electron chi connectivity index (χ4n) is 2.31. The molecule has 1 amide bonds. The minimum absolute atomic E-state index is 0.157. The first-order valence-corrected chi connectivity index (χ1v) is 7.35. The average molecular weight is 338 g/mol. The number of carbonyl (C=O) groups excluding carboxylic acids is 1. The van der Waals surface area contributed by atoms with E-state index in [1.54, 1.807) is 31.2 Å². The van der Waals surface area contributed by atoms with Crippen LogP contribution in [0.3, 0.4) is 0 Å². The summed E-state index contributed by atoms with van der Waals surface area (Å²) in [7, 11) is 0. The van der Waals surface area contributed by atoms with E-state index in [0.29, 0.717) is 23.2 Å². The lowest BCUT2D eigenvalue weighted by Crippen LogP contribution is -2.35. The molecule has 3 rings (SSSR count). The molecule has 2 heterocycles. The average Bonchev–Trinajstić information content (AvgIpc) is 3.12. The van der Waals surface area contributed by atoms with Gasteiger partial charge < -0.3 is 14.6 Å². The zero-order chi connectivity index (χ0) is 17.2. The van der Waals surface area contributed by atoms with Crippen LogP contribution in [0.15, 0.2) is 28.8 Å². The number of aromatic nitrogens is 2. The summed E-state index contributed by atoms with van der Waals surface area (Å²) in [5.74, 6) is -1.88. The highest BCUT2D eigenvalue weighted by molar-refractivity contribution is 5.95. The van der Waals surface area contributed by atoms with E-state index in [9.17, 15) is 13.6 Å². The molecule has 1 saturated heterocycles. The number of carbonyl (C=O) groups is 1. The molecule has 2 aromatic rings. The van der Waals surface area contributed by atoms with Gasteiger partial charge in [-0.15, -0.1) is 0 Å². The smallest absolute Gasteiger partial charge is 0.262 e. The standard InChI is InChI=1S/C15H16F2N4O3/c1-9-19-13(21-24-9)7-23-11-4-2-10(3-5-11)20-14(22)12-6-15(16,17)8-18-12/h2-5,12,18H,6-8H2,1H3,(H,20,22). The summed E-state index contributed by atoms with van der Waals surface area (Å²) < 4.78 is 36.5. The van der Waals surface area contributed by atoms with E-state index in [1.807, 2.05) is 0 Å². The molecule has 7 nitrogen and oxygen atoms in total. The van der Waals surface area contributed by atoms with Gasteiger partial charge in [0.15, 0.2) is 6.61 Å². The van der Waals surface area contributed by atoms with Gasteiger partial charge in [0.05, 0.1) is 12.6 Å². The van der Waals surface area contributed by atoms with Crippen molar-refractivity contribution in [3.63, 3.8) is 0 Å². The van der Waals surface area contributed by atoms with Crippen molar-refractivity contribution < 1.29 is 22.8 Å². The number of halogens is 2. The predicted molar refractivity (Wildman–Crippen MR) is 79.8 cm³/mol. The second-order valence-corrected chi connectivity index (χ2v) is 5.53. The third kappa shape index (κ3) is 4.05. The van der Waals surface area contributed by atoms with Crippen LogP contribution in [0.1, 0.15) is 18.1 Å². The van der Waals surface area contributed by atoms with Gasteiger partial charge in [0.2, 0.25) is 17.6 Å². The summed E-state index contributed by atoms with van der Waals surface area (Å²) in [5, 5.41) is 8.81. The van der Waals surface area contributed by atoms with Crippen LogP contribution in [-0.4, -0.2) is 34.6 Å². The van der Waals surface area contributed by atoms with Crippen LogP contribution in [0.5, 0.6) is 5.75 Å². The van der Waals surface area contributed by atoms with E-state index in [0.717, 1.165) is 0 Å². The molecule has 0 saturated carbocycles. The van der Waals surface area contributed by atoms with Crippen LogP contribution < -0.4 is 15.4 Å². The highest BCUT2D eigenvalue weighted by atomic mass is 19.3. The van der Waals surface area contributed by atoms with Gasteiger partial charge in [0, 0.05) is 19.0 Å². The summed E-state index contributed by atoms with van der Waals surface area (Å²) in [6.45, 7) is 1.36.